The van der Waals surface area contributed by atoms with Gasteiger partial charge in [0, 0.05) is 29.8 Å². The molecule has 0 radical (unpaired) electrons. The van der Waals surface area contributed by atoms with Crippen LogP contribution >= 0.6 is 0 Å². The molecule has 0 aliphatic heterocycles. The molecule has 0 saturated carbocycles. The van der Waals surface area contributed by atoms with Crippen molar-refractivity contribution in [2.45, 2.75) is 26.2 Å². The number of benzene rings is 1. The van der Waals surface area contributed by atoms with Gasteiger partial charge in [0.2, 0.25) is 0 Å². The molecular weight excluding hydrogens is 304 g/mol. The lowest BCUT2D eigenvalue weighted by molar-refractivity contribution is 0.0686. The van der Waals surface area contributed by atoms with E-state index in [1.54, 1.807) is 18.5 Å². The lowest BCUT2D eigenvalue weighted by atomic mass is 10.2. The van der Waals surface area contributed by atoms with Crippen molar-refractivity contribution in [3.8, 4) is 0 Å². The van der Waals surface area contributed by atoms with Gasteiger partial charge in [-0.25, -0.2) is 4.79 Å². The van der Waals surface area contributed by atoms with Crippen LogP contribution in [0.4, 0.5) is 0 Å². The van der Waals surface area contributed by atoms with Gasteiger partial charge in [-0.05, 0) is 29.8 Å². The third-order valence-electron chi connectivity index (χ3n) is 4.08. The third kappa shape index (κ3) is 3.05. The molecule has 0 bridgehead atoms. The topological polar surface area (TPSA) is 55.1 Å². The monoisotopic (exact) mass is 324 g/mol. The summed E-state index contributed by atoms with van der Waals surface area (Å²) < 4.78 is 1.86. The predicted octanol–water partition coefficient (Wildman–Crippen LogP) is 3.33. The molecule has 0 fully saturated rings. The SMILES string of the molecule is C[Si](C)(C)c1ccc2c(c1)cc(C(=O)O)n2Cc1ccncc1. The number of fused-ring (bicyclic) bond motifs is 1. The summed E-state index contributed by atoms with van der Waals surface area (Å²) >= 11 is 0. The van der Waals surface area contributed by atoms with Gasteiger partial charge in [-0.1, -0.05) is 37.0 Å². The van der Waals surface area contributed by atoms with E-state index in [2.05, 4.69) is 42.8 Å². The Morgan fingerprint density at radius 1 is 1.13 bits per heavy atom. The van der Waals surface area contributed by atoms with Gasteiger partial charge in [-0.3, -0.25) is 4.98 Å². The lowest BCUT2D eigenvalue weighted by Gasteiger charge is -2.16. The normalized spacial score (nSPS) is 11.8. The van der Waals surface area contributed by atoms with Gasteiger partial charge in [0.1, 0.15) is 5.69 Å². The van der Waals surface area contributed by atoms with E-state index in [1.807, 2.05) is 16.7 Å². The first-order valence-electron chi connectivity index (χ1n) is 7.62. The van der Waals surface area contributed by atoms with E-state index in [-0.39, 0.29) is 0 Å². The molecule has 3 aromatic rings. The highest BCUT2D eigenvalue weighted by Crippen LogP contribution is 2.22. The standard InChI is InChI=1S/C18H20N2O2Si/c1-23(2,3)15-4-5-16-14(10-15)11-17(18(21)22)20(16)12-13-6-8-19-9-7-13/h4-11H,12H2,1-3H3,(H,21,22). The second kappa shape index (κ2) is 5.66. The molecule has 0 amide bonds. The first kappa shape index (κ1) is 15.5. The zero-order chi connectivity index (χ0) is 16.6. The fourth-order valence-corrected chi connectivity index (χ4v) is 3.93. The maximum atomic E-state index is 11.6. The Balaban J connectivity index is 2.15. The second-order valence-electron chi connectivity index (χ2n) is 6.80. The fourth-order valence-electron chi connectivity index (χ4n) is 2.76. The minimum absolute atomic E-state index is 0.324. The van der Waals surface area contributed by atoms with E-state index in [9.17, 15) is 9.90 Å². The van der Waals surface area contributed by atoms with Crippen molar-refractivity contribution in [2.75, 3.05) is 0 Å². The smallest absolute Gasteiger partial charge is 0.352 e. The molecule has 0 aliphatic carbocycles. The highest BCUT2D eigenvalue weighted by Gasteiger charge is 2.20. The van der Waals surface area contributed by atoms with Crippen LogP contribution in [0, 0.1) is 0 Å². The van der Waals surface area contributed by atoms with Gasteiger partial charge in [-0.15, -0.1) is 0 Å². The van der Waals surface area contributed by atoms with E-state index < -0.39 is 14.0 Å². The first-order chi connectivity index (χ1) is 10.9. The van der Waals surface area contributed by atoms with Crippen LogP contribution in [0.25, 0.3) is 10.9 Å². The Morgan fingerprint density at radius 2 is 1.83 bits per heavy atom. The van der Waals surface area contributed by atoms with Crippen molar-refractivity contribution in [2.24, 2.45) is 0 Å². The van der Waals surface area contributed by atoms with Crippen LogP contribution < -0.4 is 5.19 Å². The molecule has 1 aromatic carbocycles. The summed E-state index contributed by atoms with van der Waals surface area (Å²) in [7, 11) is -1.42. The quantitative estimate of drug-likeness (QED) is 0.749. The van der Waals surface area contributed by atoms with Crippen LogP contribution in [-0.2, 0) is 6.54 Å². The molecule has 23 heavy (non-hydrogen) atoms. The second-order valence-corrected chi connectivity index (χ2v) is 11.9. The van der Waals surface area contributed by atoms with E-state index in [1.165, 1.54) is 5.19 Å². The number of nitrogens with zero attached hydrogens (tertiary/aromatic N) is 2. The molecule has 2 aromatic heterocycles. The number of hydrogen-bond acceptors (Lipinski definition) is 2. The molecule has 0 atom stereocenters. The van der Waals surface area contributed by atoms with Crippen LogP contribution in [0.3, 0.4) is 0 Å². The minimum Gasteiger partial charge on any atom is -0.477 e. The van der Waals surface area contributed by atoms with Crippen LogP contribution in [0.1, 0.15) is 16.1 Å². The van der Waals surface area contributed by atoms with Crippen LogP contribution in [0.2, 0.25) is 19.6 Å². The number of carboxylic acid groups (broad SMARTS) is 1. The van der Waals surface area contributed by atoms with Gasteiger partial charge in [0.05, 0.1) is 8.07 Å². The average molecular weight is 324 g/mol. The van der Waals surface area contributed by atoms with Crippen molar-refractivity contribution in [1.29, 1.82) is 0 Å². The number of aromatic carboxylic acids is 1. The first-order valence-corrected chi connectivity index (χ1v) is 11.1. The highest BCUT2D eigenvalue weighted by atomic mass is 28.3. The van der Waals surface area contributed by atoms with E-state index in [0.29, 0.717) is 12.2 Å². The van der Waals surface area contributed by atoms with Crippen molar-refractivity contribution in [1.82, 2.24) is 9.55 Å². The summed E-state index contributed by atoms with van der Waals surface area (Å²) in [6.45, 7) is 7.40. The summed E-state index contributed by atoms with van der Waals surface area (Å²) in [5, 5.41) is 11.9. The summed E-state index contributed by atoms with van der Waals surface area (Å²) in [6.07, 6.45) is 3.45. The largest absolute Gasteiger partial charge is 0.477 e. The number of aromatic nitrogens is 2. The highest BCUT2D eigenvalue weighted by molar-refractivity contribution is 6.88. The minimum atomic E-state index is -1.42. The maximum Gasteiger partial charge on any atom is 0.352 e. The summed E-state index contributed by atoms with van der Waals surface area (Å²) in [5.74, 6) is -0.898. The van der Waals surface area contributed by atoms with Crippen molar-refractivity contribution >= 4 is 30.1 Å². The van der Waals surface area contributed by atoms with Crippen LogP contribution in [-0.4, -0.2) is 28.7 Å². The maximum absolute atomic E-state index is 11.6. The van der Waals surface area contributed by atoms with E-state index in [0.717, 1.165) is 16.5 Å². The number of carboxylic acids is 1. The van der Waals surface area contributed by atoms with E-state index in [4.69, 9.17) is 0 Å². The number of rotatable bonds is 4. The van der Waals surface area contributed by atoms with Crippen LogP contribution in [0.15, 0.2) is 48.8 Å². The summed E-state index contributed by atoms with van der Waals surface area (Å²) in [6, 6.07) is 11.9. The Hall–Kier alpha value is -2.40. The van der Waals surface area contributed by atoms with Crippen molar-refractivity contribution in [3.05, 3.63) is 60.0 Å². The van der Waals surface area contributed by atoms with E-state index >= 15 is 0 Å². The van der Waals surface area contributed by atoms with Gasteiger partial charge in [-0.2, -0.15) is 0 Å². The average Bonchev–Trinajstić information content (AvgIpc) is 2.86. The molecule has 5 heteroatoms. The Kier molecular flexibility index (Phi) is 3.81. The van der Waals surface area contributed by atoms with Gasteiger partial charge in [0.15, 0.2) is 0 Å². The van der Waals surface area contributed by atoms with Crippen molar-refractivity contribution < 1.29 is 9.90 Å². The number of pyridine rings is 1. The number of carbonyl (C=O) groups is 1. The van der Waals surface area contributed by atoms with Gasteiger partial charge < -0.3 is 9.67 Å². The summed E-state index contributed by atoms with van der Waals surface area (Å²) in [4.78, 5) is 15.7. The Bertz CT molecular complexity index is 864. The molecule has 3 rings (SSSR count). The molecule has 0 saturated heterocycles. The Morgan fingerprint density at radius 3 is 2.43 bits per heavy atom. The fraction of sp³-hybridized carbons (Fsp3) is 0.222. The van der Waals surface area contributed by atoms with Gasteiger partial charge in [0.25, 0.3) is 0 Å². The van der Waals surface area contributed by atoms with Crippen LogP contribution in [0.5, 0.6) is 0 Å². The lowest BCUT2D eigenvalue weighted by Crippen LogP contribution is -2.37. The number of hydrogen-bond donors (Lipinski definition) is 1. The molecule has 118 valence electrons. The molecule has 0 aliphatic rings. The molecule has 0 spiro atoms. The predicted molar refractivity (Wildman–Crippen MR) is 95.2 cm³/mol. The van der Waals surface area contributed by atoms with Gasteiger partial charge >= 0.3 is 5.97 Å². The molecule has 0 unspecified atom stereocenters. The summed E-state index contributed by atoms with van der Waals surface area (Å²) in [5.41, 5.74) is 2.32. The molecule has 4 nitrogen and oxygen atoms in total. The molecule has 2 heterocycles. The molecule has 1 N–H and O–H groups in total. The zero-order valence-electron chi connectivity index (χ0n) is 13.6. The Labute approximate surface area is 136 Å². The molecular formula is C18H20N2O2Si. The third-order valence-corrected chi connectivity index (χ3v) is 6.12. The zero-order valence-corrected chi connectivity index (χ0v) is 14.6. The van der Waals surface area contributed by atoms with Crippen molar-refractivity contribution in [3.63, 3.8) is 0 Å².